The Morgan fingerprint density at radius 3 is 2.96 bits per heavy atom. The Bertz CT molecular complexity index is 729. The minimum Gasteiger partial charge on any atom is -0.449 e. The van der Waals surface area contributed by atoms with E-state index in [0.29, 0.717) is 28.8 Å². The van der Waals surface area contributed by atoms with E-state index in [4.69, 9.17) is 4.74 Å². The Hall–Kier alpha value is -1.99. The van der Waals surface area contributed by atoms with Gasteiger partial charge in [0, 0.05) is 10.9 Å². The first-order chi connectivity index (χ1) is 12.2. The lowest BCUT2D eigenvalue weighted by atomic mass is 9.99. The number of thiazole rings is 1. The Morgan fingerprint density at radius 1 is 1.44 bits per heavy atom. The summed E-state index contributed by atoms with van der Waals surface area (Å²) in [6, 6.07) is 4.25. The van der Waals surface area contributed by atoms with Crippen LogP contribution in [0.4, 0.5) is 14.9 Å². The number of piperidine rings is 1. The molecule has 1 aliphatic heterocycles. The average molecular weight is 363 g/mol. The van der Waals surface area contributed by atoms with Crippen molar-refractivity contribution >= 4 is 23.1 Å². The first-order valence-corrected chi connectivity index (χ1v) is 9.42. The summed E-state index contributed by atoms with van der Waals surface area (Å²) in [4.78, 5) is 16.6. The quantitative estimate of drug-likeness (QED) is 0.841. The van der Waals surface area contributed by atoms with Crippen LogP contribution in [0.2, 0.25) is 0 Å². The molecule has 1 aromatic carbocycles. The normalized spacial score (nSPS) is 15.1. The highest BCUT2D eigenvalue weighted by Gasteiger charge is 2.17. The zero-order valence-corrected chi connectivity index (χ0v) is 15.0. The number of ether oxygens (including phenoxy) is 1. The van der Waals surface area contributed by atoms with Gasteiger partial charge in [-0.2, -0.15) is 0 Å². The molecular weight excluding hydrogens is 341 g/mol. The van der Waals surface area contributed by atoms with Crippen molar-refractivity contribution in [3.05, 3.63) is 35.1 Å². The SMILES string of the molecule is CCc1csc(-c2cc(F)ccc2NC(=O)OCC2CCNCC2)n1. The molecule has 1 aromatic heterocycles. The fourth-order valence-electron chi connectivity index (χ4n) is 2.78. The van der Waals surface area contributed by atoms with E-state index in [-0.39, 0.29) is 5.82 Å². The molecular formula is C18H22FN3O2S. The number of amides is 1. The topological polar surface area (TPSA) is 63.2 Å². The van der Waals surface area contributed by atoms with Gasteiger partial charge in [-0.3, -0.25) is 5.32 Å². The molecule has 134 valence electrons. The number of nitrogens with one attached hydrogen (secondary N) is 2. The molecule has 1 saturated heterocycles. The minimum absolute atomic E-state index is 0.364. The minimum atomic E-state index is -0.515. The molecule has 0 radical (unpaired) electrons. The molecule has 1 amide bonds. The largest absolute Gasteiger partial charge is 0.449 e. The predicted octanol–water partition coefficient (Wildman–Crippen LogP) is 4.06. The fourth-order valence-corrected chi connectivity index (χ4v) is 3.72. The van der Waals surface area contributed by atoms with Crippen LogP contribution in [0.1, 0.15) is 25.5 Å². The van der Waals surface area contributed by atoms with Crippen LogP contribution < -0.4 is 10.6 Å². The standard InChI is InChI=1S/C18H22FN3O2S/c1-2-14-11-25-17(21-14)15-9-13(19)3-4-16(15)22-18(23)24-10-12-5-7-20-8-6-12/h3-4,9,11-12,20H,2,5-8,10H2,1H3,(H,22,23). The highest BCUT2D eigenvalue weighted by Crippen LogP contribution is 2.31. The summed E-state index contributed by atoms with van der Waals surface area (Å²) in [6.07, 6.45) is 2.31. The highest BCUT2D eigenvalue weighted by molar-refractivity contribution is 7.13. The third-order valence-electron chi connectivity index (χ3n) is 4.27. The molecule has 7 heteroatoms. The maximum absolute atomic E-state index is 13.7. The van der Waals surface area contributed by atoms with E-state index in [1.807, 2.05) is 12.3 Å². The molecule has 1 aliphatic rings. The number of carbonyl (C=O) groups excluding carboxylic acids is 1. The van der Waals surface area contributed by atoms with Crippen LogP contribution in [-0.2, 0) is 11.2 Å². The molecule has 0 saturated carbocycles. The number of hydrogen-bond donors (Lipinski definition) is 2. The number of aryl methyl sites for hydroxylation is 1. The van der Waals surface area contributed by atoms with Gasteiger partial charge in [0.05, 0.1) is 18.0 Å². The van der Waals surface area contributed by atoms with E-state index < -0.39 is 6.09 Å². The maximum Gasteiger partial charge on any atom is 0.411 e. The molecule has 0 atom stereocenters. The van der Waals surface area contributed by atoms with Crippen LogP contribution in [-0.4, -0.2) is 30.8 Å². The van der Waals surface area contributed by atoms with Crippen molar-refractivity contribution in [2.75, 3.05) is 25.0 Å². The highest BCUT2D eigenvalue weighted by atomic mass is 32.1. The third kappa shape index (κ3) is 4.76. The molecule has 0 unspecified atom stereocenters. The maximum atomic E-state index is 13.7. The monoisotopic (exact) mass is 363 g/mol. The van der Waals surface area contributed by atoms with Gasteiger partial charge in [-0.15, -0.1) is 11.3 Å². The number of carbonyl (C=O) groups is 1. The zero-order chi connectivity index (χ0) is 17.6. The first kappa shape index (κ1) is 17.8. The lowest BCUT2D eigenvalue weighted by Gasteiger charge is -2.22. The van der Waals surface area contributed by atoms with Crippen molar-refractivity contribution in [3.8, 4) is 10.6 Å². The number of aromatic nitrogens is 1. The lowest BCUT2D eigenvalue weighted by molar-refractivity contribution is 0.131. The zero-order valence-electron chi connectivity index (χ0n) is 14.2. The molecule has 3 rings (SSSR count). The second kappa shape index (κ2) is 8.40. The van der Waals surface area contributed by atoms with Crippen molar-refractivity contribution in [3.63, 3.8) is 0 Å². The van der Waals surface area contributed by atoms with Crippen LogP contribution in [0.15, 0.2) is 23.6 Å². The van der Waals surface area contributed by atoms with Crippen molar-refractivity contribution in [1.82, 2.24) is 10.3 Å². The summed E-state index contributed by atoms with van der Waals surface area (Å²) in [6.45, 7) is 4.34. The molecule has 25 heavy (non-hydrogen) atoms. The number of benzene rings is 1. The van der Waals surface area contributed by atoms with Crippen molar-refractivity contribution in [1.29, 1.82) is 0 Å². The predicted molar refractivity (Wildman–Crippen MR) is 97.5 cm³/mol. The Morgan fingerprint density at radius 2 is 2.24 bits per heavy atom. The van der Waals surface area contributed by atoms with E-state index in [0.717, 1.165) is 38.0 Å². The molecule has 2 N–H and O–H groups in total. The Labute approximate surface area is 150 Å². The molecule has 0 spiro atoms. The molecule has 5 nitrogen and oxygen atoms in total. The van der Waals surface area contributed by atoms with Crippen LogP contribution in [0.3, 0.4) is 0 Å². The second-order valence-electron chi connectivity index (χ2n) is 6.10. The van der Waals surface area contributed by atoms with Gasteiger partial charge in [0.2, 0.25) is 0 Å². The van der Waals surface area contributed by atoms with E-state index in [1.165, 1.54) is 23.5 Å². The number of hydrogen-bond acceptors (Lipinski definition) is 5. The summed E-state index contributed by atoms with van der Waals surface area (Å²) >= 11 is 1.44. The van der Waals surface area contributed by atoms with Crippen molar-refractivity contribution in [2.24, 2.45) is 5.92 Å². The van der Waals surface area contributed by atoms with Gasteiger partial charge in [-0.05, 0) is 56.5 Å². The molecule has 0 aliphatic carbocycles. The lowest BCUT2D eigenvalue weighted by Crippen LogP contribution is -2.31. The summed E-state index contributed by atoms with van der Waals surface area (Å²) in [5, 5.41) is 8.64. The Balaban J connectivity index is 1.67. The van der Waals surface area contributed by atoms with Gasteiger partial charge in [-0.25, -0.2) is 14.2 Å². The second-order valence-corrected chi connectivity index (χ2v) is 6.96. The molecule has 1 fully saturated rings. The Kier molecular flexibility index (Phi) is 5.99. The molecule has 0 bridgehead atoms. The summed E-state index contributed by atoms with van der Waals surface area (Å²) in [5.41, 5.74) is 2.03. The van der Waals surface area contributed by atoms with Gasteiger partial charge in [0.25, 0.3) is 0 Å². The van der Waals surface area contributed by atoms with E-state index in [1.54, 1.807) is 6.07 Å². The van der Waals surface area contributed by atoms with Gasteiger partial charge in [-0.1, -0.05) is 6.92 Å². The van der Waals surface area contributed by atoms with E-state index >= 15 is 0 Å². The van der Waals surface area contributed by atoms with Gasteiger partial charge < -0.3 is 10.1 Å². The van der Waals surface area contributed by atoms with Crippen molar-refractivity contribution in [2.45, 2.75) is 26.2 Å². The number of anilines is 1. The van der Waals surface area contributed by atoms with Crippen LogP contribution >= 0.6 is 11.3 Å². The summed E-state index contributed by atoms with van der Waals surface area (Å²) < 4.78 is 19.0. The van der Waals surface area contributed by atoms with Gasteiger partial charge >= 0.3 is 6.09 Å². The number of nitrogens with zero attached hydrogens (tertiary/aromatic N) is 1. The van der Waals surface area contributed by atoms with Crippen LogP contribution in [0.5, 0.6) is 0 Å². The van der Waals surface area contributed by atoms with Crippen LogP contribution in [0.25, 0.3) is 10.6 Å². The molecule has 2 heterocycles. The van der Waals surface area contributed by atoms with Crippen molar-refractivity contribution < 1.29 is 13.9 Å². The van der Waals surface area contributed by atoms with E-state index in [2.05, 4.69) is 15.6 Å². The number of rotatable bonds is 5. The molecule has 2 aromatic rings. The first-order valence-electron chi connectivity index (χ1n) is 8.54. The fraction of sp³-hybridized carbons (Fsp3) is 0.444. The van der Waals surface area contributed by atoms with Gasteiger partial charge in [0.1, 0.15) is 10.8 Å². The third-order valence-corrected chi connectivity index (χ3v) is 5.20. The van der Waals surface area contributed by atoms with Gasteiger partial charge in [0.15, 0.2) is 0 Å². The summed E-state index contributed by atoms with van der Waals surface area (Å²) in [7, 11) is 0. The number of halogens is 1. The average Bonchev–Trinajstić information content (AvgIpc) is 3.11. The summed E-state index contributed by atoms with van der Waals surface area (Å²) in [5.74, 6) is 0.0302. The van der Waals surface area contributed by atoms with Crippen LogP contribution in [0, 0.1) is 11.7 Å². The van der Waals surface area contributed by atoms with E-state index in [9.17, 15) is 9.18 Å². The smallest absolute Gasteiger partial charge is 0.411 e.